The highest BCUT2D eigenvalue weighted by Crippen LogP contribution is 2.31. The van der Waals surface area contributed by atoms with E-state index in [4.69, 9.17) is 0 Å². The molecule has 0 bridgehead atoms. The molecular weight excluding hydrogens is 270 g/mol. The Morgan fingerprint density at radius 3 is 2.10 bits per heavy atom. The van der Waals surface area contributed by atoms with Gasteiger partial charge in [-0.25, -0.2) is 4.39 Å². The standard InChI is InChI=1S/C15H21F4N/c1-14(2,11-6-8-12(16)9-7-11)13(20-3)5-4-10-15(17,18)19/h6-9,13,20H,4-5,10H2,1-3H3. The van der Waals surface area contributed by atoms with E-state index < -0.39 is 12.6 Å². The molecule has 114 valence electrons. The third-order valence-corrected chi connectivity index (χ3v) is 3.76. The molecule has 1 aromatic carbocycles. The van der Waals surface area contributed by atoms with E-state index in [2.05, 4.69) is 5.32 Å². The summed E-state index contributed by atoms with van der Waals surface area (Å²) in [6.45, 7) is 3.91. The number of halogens is 4. The zero-order chi connectivity index (χ0) is 15.4. The van der Waals surface area contributed by atoms with E-state index in [0.717, 1.165) is 5.56 Å². The van der Waals surface area contributed by atoms with Crippen molar-refractivity contribution in [3.8, 4) is 0 Å². The van der Waals surface area contributed by atoms with E-state index in [0.29, 0.717) is 6.42 Å². The molecular formula is C15H21F4N. The molecule has 0 heterocycles. The lowest BCUT2D eigenvalue weighted by atomic mass is 9.76. The van der Waals surface area contributed by atoms with Gasteiger partial charge in [0.05, 0.1) is 0 Å². The van der Waals surface area contributed by atoms with Gasteiger partial charge in [-0.3, -0.25) is 0 Å². The van der Waals surface area contributed by atoms with Gasteiger partial charge in [0.15, 0.2) is 0 Å². The highest BCUT2D eigenvalue weighted by atomic mass is 19.4. The molecule has 1 rings (SSSR count). The summed E-state index contributed by atoms with van der Waals surface area (Å²) in [5.74, 6) is -0.317. The van der Waals surface area contributed by atoms with Crippen LogP contribution in [0.15, 0.2) is 24.3 Å². The zero-order valence-electron chi connectivity index (χ0n) is 12.0. The summed E-state index contributed by atoms with van der Waals surface area (Å²) in [5, 5.41) is 3.08. The first-order valence-corrected chi connectivity index (χ1v) is 6.67. The molecule has 0 spiro atoms. The van der Waals surface area contributed by atoms with E-state index >= 15 is 0 Å². The van der Waals surface area contributed by atoms with Crippen LogP contribution < -0.4 is 5.32 Å². The van der Waals surface area contributed by atoms with Crippen LogP contribution in [0.4, 0.5) is 17.6 Å². The normalized spacial score (nSPS) is 14.3. The Labute approximate surface area is 117 Å². The molecule has 0 amide bonds. The fraction of sp³-hybridized carbons (Fsp3) is 0.600. The third kappa shape index (κ3) is 4.78. The van der Waals surface area contributed by atoms with Crippen molar-refractivity contribution in [1.82, 2.24) is 5.32 Å². The van der Waals surface area contributed by atoms with Crippen molar-refractivity contribution < 1.29 is 17.6 Å². The molecule has 0 aliphatic rings. The largest absolute Gasteiger partial charge is 0.389 e. The minimum absolute atomic E-state index is 0.0830. The number of likely N-dealkylation sites (N-methyl/N-ethyl adjacent to an activating group) is 1. The predicted octanol–water partition coefficient (Wildman–Crippen LogP) is 4.42. The first kappa shape index (κ1) is 17.0. The first-order chi connectivity index (χ1) is 9.16. The number of hydrogen-bond donors (Lipinski definition) is 1. The summed E-state index contributed by atoms with van der Waals surface area (Å²) in [6, 6.07) is 6.02. The molecule has 0 saturated carbocycles. The Balaban J connectivity index is 2.73. The summed E-state index contributed by atoms with van der Waals surface area (Å²) >= 11 is 0. The van der Waals surface area contributed by atoms with Gasteiger partial charge in [0, 0.05) is 17.9 Å². The van der Waals surface area contributed by atoms with E-state index in [9.17, 15) is 17.6 Å². The van der Waals surface area contributed by atoms with Gasteiger partial charge >= 0.3 is 6.18 Å². The number of rotatable bonds is 6. The Hall–Kier alpha value is -1.10. The predicted molar refractivity (Wildman–Crippen MR) is 72.2 cm³/mol. The fourth-order valence-electron chi connectivity index (χ4n) is 2.45. The molecule has 1 nitrogen and oxygen atoms in total. The van der Waals surface area contributed by atoms with Crippen LogP contribution in [0.3, 0.4) is 0 Å². The maximum atomic E-state index is 13.0. The molecule has 0 aliphatic heterocycles. The van der Waals surface area contributed by atoms with Crippen LogP contribution in [0.2, 0.25) is 0 Å². The number of benzene rings is 1. The first-order valence-electron chi connectivity index (χ1n) is 6.67. The van der Waals surface area contributed by atoms with Gasteiger partial charge in [-0.05, 0) is 37.6 Å². The molecule has 1 aromatic rings. The van der Waals surface area contributed by atoms with Gasteiger partial charge in [0.1, 0.15) is 5.82 Å². The Kier molecular flexibility index (Phi) is 5.57. The summed E-state index contributed by atoms with van der Waals surface area (Å²) in [7, 11) is 1.74. The second kappa shape index (κ2) is 6.57. The maximum Gasteiger partial charge on any atom is 0.389 e. The third-order valence-electron chi connectivity index (χ3n) is 3.76. The van der Waals surface area contributed by atoms with Crippen molar-refractivity contribution in [1.29, 1.82) is 0 Å². The van der Waals surface area contributed by atoms with Crippen molar-refractivity contribution in [3.05, 3.63) is 35.6 Å². The summed E-state index contributed by atoms with van der Waals surface area (Å²) in [5.41, 5.74) is 0.541. The summed E-state index contributed by atoms with van der Waals surface area (Å²) in [6.07, 6.45) is -4.39. The Morgan fingerprint density at radius 2 is 1.65 bits per heavy atom. The van der Waals surface area contributed by atoms with Crippen molar-refractivity contribution >= 4 is 0 Å². The quantitative estimate of drug-likeness (QED) is 0.765. The van der Waals surface area contributed by atoms with Crippen molar-refractivity contribution in [2.75, 3.05) is 7.05 Å². The van der Waals surface area contributed by atoms with Crippen LogP contribution in [0.25, 0.3) is 0 Å². The monoisotopic (exact) mass is 291 g/mol. The van der Waals surface area contributed by atoms with E-state index in [1.54, 1.807) is 19.2 Å². The summed E-state index contributed by atoms with van der Waals surface area (Å²) < 4.78 is 49.6. The minimum Gasteiger partial charge on any atom is -0.316 e. The second-order valence-corrected chi connectivity index (χ2v) is 5.58. The van der Waals surface area contributed by atoms with Crippen molar-refractivity contribution in [2.45, 2.75) is 50.7 Å². The minimum atomic E-state index is -4.11. The van der Waals surface area contributed by atoms with Gasteiger partial charge in [-0.1, -0.05) is 26.0 Å². The van der Waals surface area contributed by atoms with Crippen LogP contribution >= 0.6 is 0 Å². The SMILES string of the molecule is CNC(CCCC(F)(F)F)C(C)(C)c1ccc(F)cc1. The Bertz CT molecular complexity index is 409. The van der Waals surface area contributed by atoms with Crippen LogP contribution in [-0.2, 0) is 5.41 Å². The molecule has 1 atom stereocenters. The molecule has 0 fully saturated rings. The van der Waals surface area contributed by atoms with E-state index in [1.807, 2.05) is 13.8 Å². The number of hydrogen-bond acceptors (Lipinski definition) is 1. The topological polar surface area (TPSA) is 12.0 Å². The van der Waals surface area contributed by atoms with Crippen LogP contribution in [-0.4, -0.2) is 19.3 Å². The Morgan fingerprint density at radius 1 is 1.10 bits per heavy atom. The van der Waals surface area contributed by atoms with E-state index in [-0.39, 0.29) is 23.7 Å². The number of alkyl halides is 3. The maximum absolute atomic E-state index is 13.0. The fourth-order valence-corrected chi connectivity index (χ4v) is 2.45. The highest BCUT2D eigenvalue weighted by Gasteiger charge is 2.32. The molecule has 1 N–H and O–H groups in total. The second-order valence-electron chi connectivity index (χ2n) is 5.58. The summed E-state index contributed by atoms with van der Waals surface area (Å²) in [4.78, 5) is 0. The number of nitrogens with one attached hydrogen (secondary N) is 1. The lowest BCUT2D eigenvalue weighted by Crippen LogP contribution is -2.43. The lowest BCUT2D eigenvalue weighted by molar-refractivity contribution is -0.136. The highest BCUT2D eigenvalue weighted by molar-refractivity contribution is 5.26. The van der Waals surface area contributed by atoms with Crippen molar-refractivity contribution in [3.63, 3.8) is 0 Å². The molecule has 0 aliphatic carbocycles. The molecule has 1 unspecified atom stereocenters. The molecule has 0 saturated heterocycles. The van der Waals surface area contributed by atoms with Gasteiger partial charge in [-0.2, -0.15) is 13.2 Å². The molecule has 0 aromatic heterocycles. The molecule has 5 heteroatoms. The van der Waals surface area contributed by atoms with Gasteiger partial charge in [0.2, 0.25) is 0 Å². The van der Waals surface area contributed by atoms with Gasteiger partial charge in [0.25, 0.3) is 0 Å². The average molecular weight is 291 g/mol. The van der Waals surface area contributed by atoms with Crippen LogP contribution in [0, 0.1) is 5.82 Å². The van der Waals surface area contributed by atoms with Gasteiger partial charge < -0.3 is 5.32 Å². The van der Waals surface area contributed by atoms with Crippen molar-refractivity contribution in [2.24, 2.45) is 0 Å². The smallest absolute Gasteiger partial charge is 0.316 e. The van der Waals surface area contributed by atoms with Crippen LogP contribution in [0.5, 0.6) is 0 Å². The zero-order valence-corrected chi connectivity index (χ0v) is 12.0. The average Bonchev–Trinajstić information content (AvgIpc) is 2.33. The van der Waals surface area contributed by atoms with Crippen LogP contribution in [0.1, 0.15) is 38.7 Å². The molecule has 20 heavy (non-hydrogen) atoms. The van der Waals surface area contributed by atoms with E-state index in [1.165, 1.54) is 12.1 Å². The van der Waals surface area contributed by atoms with Gasteiger partial charge in [-0.15, -0.1) is 0 Å². The molecule has 0 radical (unpaired) electrons. The lowest BCUT2D eigenvalue weighted by Gasteiger charge is -2.35.